The number of benzene rings is 2. The van der Waals surface area contributed by atoms with Crippen molar-refractivity contribution in [1.82, 2.24) is 25.4 Å². The summed E-state index contributed by atoms with van der Waals surface area (Å²) < 4.78 is 0. The summed E-state index contributed by atoms with van der Waals surface area (Å²) in [6.45, 7) is 3.61. The van der Waals surface area contributed by atoms with Gasteiger partial charge in [-0.2, -0.15) is 0 Å². The van der Waals surface area contributed by atoms with Crippen molar-refractivity contribution in [3.63, 3.8) is 0 Å². The molecule has 0 bridgehead atoms. The van der Waals surface area contributed by atoms with Gasteiger partial charge in [-0.15, -0.1) is 0 Å². The normalized spacial score (nSPS) is 15.4. The van der Waals surface area contributed by atoms with E-state index in [0.717, 1.165) is 27.8 Å². The number of nitrogens with one attached hydrogen (secondary N) is 4. The van der Waals surface area contributed by atoms with Gasteiger partial charge in [-0.05, 0) is 65.9 Å². The Morgan fingerprint density at radius 1 is 0.956 bits per heavy atom. The molecule has 1 saturated heterocycles. The maximum absolute atomic E-state index is 14.2. The molecule has 236 valence electrons. The van der Waals surface area contributed by atoms with Crippen LogP contribution in [0.3, 0.4) is 0 Å². The number of aromatic nitrogens is 1. The second-order valence-electron chi connectivity index (χ2n) is 12.0. The van der Waals surface area contributed by atoms with Crippen molar-refractivity contribution in [3.05, 3.63) is 88.6 Å². The van der Waals surface area contributed by atoms with Crippen molar-refractivity contribution in [2.75, 3.05) is 44.4 Å². The summed E-state index contributed by atoms with van der Waals surface area (Å²) in [6, 6.07) is 17.1. The Kier molecular flexibility index (Phi) is 9.77. The van der Waals surface area contributed by atoms with Crippen molar-refractivity contribution in [2.45, 2.75) is 45.7 Å². The SMILES string of the molecule is CNCc1ccccc1CN(CC(=O)Nc1ccc2c(c1)CC(=O)Nc1ncccc1C2)C(=O)C1(C)CCN(C(=O)NC)CC1. The Balaban J connectivity index is 1.35. The van der Waals surface area contributed by atoms with Gasteiger partial charge in [0.1, 0.15) is 12.4 Å². The molecule has 0 radical (unpaired) electrons. The number of rotatable bonds is 8. The van der Waals surface area contributed by atoms with Crippen LogP contribution in [0.2, 0.25) is 0 Å². The molecular weight excluding hydrogens is 570 g/mol. The maximum atomic E-state index is 14.2. The van der Waals surface area contributed by atoms with Gasteiger partial charge in [-0.25, -0.2) is 9.78 Å². The number of fused-ring (bicyclic) bond motifs is 2. The van der Waals surface area contributed by atoms with Crippen molar-refractivity contribution in [3.8, 4) is 0 Å². The molecule has 3 aromatic rings. The molecule has 3 heterocycles. The van der Waals surface area contributed by atoms with Crippen LogP contribution in [-0.2, 0) is 40.3 Å². The van der Waals surface area contributed by atoms with Crippen LogP contribution in [0.15, 0.2) is 60.8 Å². The van der Waals surface area contributed by atoms with Crippen LogP contribution in [0.1, 0.15) is 47.6 Å². The van der Waals surface area contributed by atoms with Crippen LogP contribution in [0.5, 0.6) is 0 Å². The van der Waals surface area contributed by atoms with Crippen molar-refractivity contribution in [2.24, 2.45) is 5.41 Å². The number of urea groups is 1. The first-order chi connectivity index (χ1) is 21.7. The van der Waals surface area contributed by atoms with E-state index >= 15 is 0 Å². The van der Waals surface area contributed by atoms with Gasteiger partial charge in [0.25, 0.3) is 0 Å². The molecular formula is C34H41N7O4. The minimum atomic E-state index is -0.718. The van der Waals surface area contributed by atoms with Gasteiger partial charge < -0.3 is 31.1 Å². The van der Waals surface area contributed by atoms with E-state index in [4.69, 9.17) is 0 Å². The predicted octanol–water partition coefficient (Wildman–Crippen LogP) is 3.30. The van der Waals surface area contributed by atoms with Gasteiger partial charge >= 0.3 is 6.03 Å². The number of pyridine rings is 1. The largest absolute Gasteiger partial charge is 0.341 e. The van der Waals surface area contributed by atoms with Crippen molar-refractivity contribution >= 4 is 35.3 Å². The summed E-state index contributed by atoms with van der Waals surface area (Å²) in [7, 11) is 3.47. The standard InChI is InChI=1S/C34H41N7O4/c1-34(12-15-40(16-13-34)33(45)36-3)32(44)41(21-26-8-5-4-7-25(26)20-35-2)22-30(43)38-28-11-10-23-17-24-9-6-14-37-31(24)39-29(42)19-27(23)18-28/h4-11,14,18,35H,12-13,15-17,19-22H2,1-3H3,(H,36,45)(H,38,43)(H,37,39,42). The number of carbonyl (C=O) groups excluding carboxylic acids is 4. The third kappa shape index (κ3) is 7.49. The minimum absolute atomic E-state index is 0.115. The predicted molar refractivity (Wildman–Crippen MR) is 172 cm³/mol. The Hall–Kier alpha value is -4.77. The molecule has 0 atom stereocenters. The summed E-state index contributed by atoms with van der Waals surface area (Å²) in [4.78, 5) is 60.3. The van der Waals surface area contributed by atoms with E-state index in [0.29, 0.717) is 50.4 Å². The smallest absolute Gasteiger partial charge is 0.317 e. The molecule has 45 heavy (non-hydrogen) atoms. The number of piperidine rings is 1. The van der Waals surface area contributed by atoms with Gasteiger partial charge in [0.15, 0.2) is 0 Å². The fraction of sp³-hybridized carbons (Fsp3) is 0.382. The molecule has 2 aliphatic heterocycles. The second-order valence-corrected chi connectivity index (χ2v) is 12.0. The molecule has 0 aliphatic carbocycles. The van der Waals surface area contributed by atoms with Crippen LogP contribution < -0.4 is 21.3 Å². The number of likely N-dealkylation sites (tertiary alicyclic amines) is 1. The highest BCUT2D eigenvalue weighted by Crippen LogP contribution is 2.34. The number of hydrogen-bond donors (Lipinski definition) is 4. The van der Waals surface area contributed by atoms with Crippen LogP contribution in [0.4, 0.5) is 16.3 Å². The fourth-order valence-corrected chi connectivity index (χ4v) is 6.10. The van der Waals surface area contributed by atoms with Gasteiger partial charge in [0.2, 0.25) is 17.7 Å². The molecule has 0 saturated carbocycles. The Labute approximate surface area is 263 Å². The third-order valence-corrected chi connectivity index (χ3v) is 8.72. The third-order valence-electron chi connectivity index (χ3n) is 8.72. The van der Waals surface area contributed by atoms with E-state index in [9.17, 15) is 19.2 Å². The fourth-order valence-electron chi connectivity index (χ4n) is 6.10. The lowest BCUT2D eigenvalue weighted by atomic mass is 9.79. The molecule has 2 aromatic carbocycles. The van der Waals surface area contributed by atoms with Gasteiger partial charge in [0, 0.05) is 56.9 Å². The van der Waals surface area contributed by atoms with Gasteiger partial charge in [-0.3, -0.25) is 14.4 Å². The summed E-state index contributed by atoms with van der Waals surface area (Å²) in [5.74, 6) is -0.0482. The van der Waals surface area contributed by atoms with E-state index in [1.54, 1.807) is 23.0 Å². The van der Waals surface area contributed by atoms with E-state index < -0.39 is 5.41 Å². The average Bonchev–Trinajstić information content (AvgIpc) is 3.02. The number of anilines is 2. The molecule has 2 aliphatic rings. The van der Waals surface area contributed by atoms with Gasteiger partial charge in [-0.1, -0.05) is 43.3 Å². The lowest BCUT2D eigenvalue weighted by Crippen LogP contribution is -2.52. The number of hydrogen-bond acceptors (Lipinski definition) is 6. The second kappa shape index (κ2) is 13.9. The van der Waals surface area contributed by atoms with Gasteiger partial charge in [0.05, 0.1) is 6.42 Å². The highest BCUT2D eigenvalue weighted by atomic mass is 16.2. The number of nitrogens with zero attached hydrogens (tertiary/aromatic N) is 3. The van der Waals surface area contributed by atoms with Crippen LogP contribution in [0, 0.1) is 5.41 Å². The van der Waals surface area contributed by atoms with E-state index in [-0.39, 0.29) is 43.3 Å². The zero-order valence-electron chi connectivity index (χ0n) is 26.1. The molecule has 0 spiro atoms. The number of carbonyl (C=O) groups is 4. The topological polar surface area (TPSA) is 136 Å². The van der Waals surface area contributed by atoms with Crippen molar-refractivity contribution in [1.29, 1.82) is 0 Å². The van der Waals surface area contributed by atoms with E-state index in [2.05, 4.69) is 26.3 Å². The van der Waals surface area contributed by atoms with Crippen LogP contribution >= 0.6 is 0 Å². The lowest BCUT2D eigenvalue weighted by molar-refractivity contribution is -0.146. The highest BCUT2D eigenvalue weighted by molar-refractivity contribution is 5.96. The zero-order valence-corrected chi connectivity index (χ0v) is 26.1. The quantitative estimate of drug-likeness (QED) is 0.309. The average molecular weight is 612 g/mol. The van der Waals surface area contributed by atoms with Crippen molar-refractivity contribution < 1.29 is 19.2 Å². The van der Waals surface area contributed by atoms with Crippen LogP contribution in [0.25, 0.3) is 0 Å². The molecule has 5 rings (SSSR count). The minimum Gasteiger partial charge on any atom is -0.341 e. The summed E-state index contributed by atoms with van der Waals surface area (Å²) in [5, 5.41) is 11.7. The van der Waals surface area contributed by atoms with Crippen LogP contribution in [-0.4, -0.2) is 72.3 Å². The summed E-state index contributed by atoms with van der Waals surface area (Å²) >= 11 is 0. The first kappa shape index (κ1) is 31.6. The highest BCUT2D eigenvalue weighted by Gasteiger charge is 2.41. The first-order valence-electron chi connectivity index (χ1n) is 15.3. The Morgan fingerprint density at radius 2 is 1.71 bits per heavy atom. The molecule has 1 fully saturated rings. The molecule has 1 aromatic heterocycles. The number of amides is 5. The molecule has 0 unspecified atom stereocenters. The zero-order chi connectivity index (χ0) is 32.0. The molecule has 11 nitrogen and oxygen atoms in total. The molecule has 5 amide bonds. The Morgan fingerprint density at radius 3 is 2.44 bits per heavy atom. The first-order valence-corrected chi connectivity index (χ1v) is 15.3. The monoisotopic (exact) mass is 611 g/mol. The molecule has 4 N–H and O–H groups in total. The summed E-state index contributed by atoms with van der Waals surface area (Å²) in [6.07, 6.45) is 3.43. The Bertz CT molecular complexity index is 1580. The summed E-state index contributed by atoms with van der Waals surface area (Å²) in [5.41, 5.74) is 4.59. The maximum Gasteiger partial charge on any atom is 0.317 e. The van der Waals surface area contributed by atoms with E-state index in [1.165, 1.54) is 0 Å². The lowest BCUT2D eigenvalue weighted by Gasteiger charge is -2.41. The molecule has 11 heteroatoms. The van der Waals surface area contributed by atoms with E-state index in [1.807, 2.05) is 68.6 Å².